The highest BCUT2D eigenvalue weighted by Gasteiger charge is 2.41. The number of aliphatic hydroxyl groups excluding tert-OH is 1. The first-order valence-electron chi connectivity index (χ1n) is 5.16. The molecule has 16 heavy (non-hydrogen) atoms. The SMILES string of the molecule is Nc1cc(Cl)c(Cl)cc1NCC1(CO)CC1. The van der Waals surface area contributed by atoms with E-state index < -0.39 is 0 Å². The van der Waals surface area contributed by atoms with Gasteiger partial charge in [-0.1, -0.05) is 23.2 Å². The van der Waals surface area contributed by atoms with Crippen LogP contribution in [0.15, 0.2) is 12.1 Å². The molecule has 0 aromatic heterocycles. The summed E-state index contributed by atoms with van der Waals surface area (Å²) in [5.74, 6) is 0. The van der Waals surface area contributed by atoms with E-state index in [0.29, 0.717) is 22.3 Å². The van der Waals surface area contributed by atoms with Crippen LogP contribution in [0.5, 0.6) is 0 Å². The molecule has 1 fully saturated rings. The number of benzene rings is 1. The molecule has 0 radical (unpaired) electrons. The van der Waals surface area contributed by atoms with Crippen molar-refractivity contribution < 1.29 is 5.11 Å². The van der Waals surface area contributed by atoms with Crippen LogP contribution >= 0.6 is 23.2 Å². The molecule has 0 amide bonds. The third-order valence-electron chi connectivity index (χ3n) is 3.04. The van der Waals surface area contributed by atoms with Gasteiger partial charge in [0.1, 0.15) is 0 Å². The van der Waals surface area contributed by atoms with Crippen LogP contribution < -0.4 is 11.1 Å². The van der Waals surface area contributed by atoms with Crippen LogP contribution in [0.2, 0.25) is 10.0 Å². The summed E-state index contributed by atoms with van der Waals surface area (Å²) in [7, 11) is 0. The van der Waals surface area contributed by atoms with E-state index in [1.165, 1.54) is 0 Å². The van der Waals surface area contributed by atoms with E-state index in [2.05, 4.69) is 5.32 Å². The first kappa shape index (κ1) is 11.8. The van der Waals surface area contributed by atoms with Crippen LogP contribution in [0, 0.1) is 5.41 Å². The van der Waals surface area contributed by atoms with Crippen LogP contribution in [-0.4, -0.2) is 18.3 Å². The van der Waals surface area contributed by atoms with Gasteiger partial charge in [-0.15, -0.1) is 0 Å². The number of nitrogen functional groups attached to an aromatic ring is 1. The number of nitrogens with two attached hydrogens (primary N) is 1. The highest BCUT2D eigenvalue weighted by molar-refractivity contribution is 6.42. The molecule has 0 heterocycles. The first-order valence-corrected chi connectivity index (χ1v) is 5.91. The van der Waals surface area contributed by atoms with Crippen LogP contribution in [-0.2, 0) is 0 Å². The van der Waals surface area contributed by atoms with Crippen molar-refractivity contribution in [3.63, 3.8) is 0 Å². The molecule has 0 spiro atoms. The Bertz CT molecular complexity index is 405. The maximum atomic E-state index is 9.18. The van der Waals surface area contributed by atoms with Gasteiger partial charge in [0.05, 0.1) is 28.0 Å². The lowest BCUT2D eigenvalue weighted by Gasteiger charge is -2.15. The minimum absolute atomic E-state index is 0.0402. The Labute approximate surface area is 105 Å². The lowest BCUT2D eigenvalue weighted by Crippen LogP contribution is -2.19. The maximum absolute atomic E-state index is 9.18. The number of nitrogens with one attached hydrogen (secondary N) is 1. The van der Waals surface area contributed by atoms with Gasteiger partial charge in [0, 0.05) is 12.0 Å². The third kappa shape index (κ3) is 2.37. The summed E-state index contributed by atoms with van der Waals surface area (Å²) in [5, 5.41) is 13.3. The fraction of sp³-hybridized carbons (Fsp3) is 0.455. The smallest absolute Gasteiger partial charge is 0.0614 e. The van der Waals surface area contributed by atoms with E-state index in [1.807, 2.05) is 0 Å². The molecule has 0 atom stereocenters. The van der Waals surface area contributed by atoms with Gasteiger partial charge in [-0.05, 0) is 25.0 Å². The van der Waals surface area contributed by atoms with Gasteiger partial charge in [-0.2, -0.15) is 0 Å². The van der Waals surface area contributed by atoms with E-state index >= 15 is 0 Å². The Hall–Kier alpha value is -0.640. The van der Waals surface area contributed by atoms with Crippen molar-refractivity contribution in [2.45, 2.75) is 12.8 Å². The second-order valence-corrected chi connectivity index (χ2v) is 5.18. The van der Waals surface area contributed by atoms with Crippen molar-refractivity contribution in [1.82, 2.24) is 0 Å². The Morgan fingerprint density at radius 2 is 1.94 bits per heavy atom. The molecule has 0 saturated heterocycles. The van der Waals surface area contributed by atoms with Gasteiger partial charge in [0.2, 0.25) is 0 Å². The van der Waals surface area contributed by atoms with Gasteiger partial charge < -0.3 is 16.2 Å². The zero-order chi connectivity index (χ0) is 11.8. The average Bonchev–Trinajstić information content (AvgIpc) is 3.02. The molecule has 1 aliphatic rings. The second kappa shape index (κ2) is 4.32. The van der Waals surface area contributed by atoms with Gasteiger partial charge in [0.15, 0.2) is 0 Å². The summed E-state index contributed by atoms with van der Waals surface area (Å²) >= 11 is 11.7. The monoisotopic (exact) mass is 260 g/mol. The number of anilines is 2. The van der Waals surface area contributed by atoms with Gasteiger partial charge in [-0.3, -0.25) is 0 Å². The predicted molar refractivity (Wildman–Crippen MR) is 68.1 cm³/mol. The first-order chi connectivity index (χ1) is 7.56. The number of rotatable bonds is 4. The van der Waals surface area contributed by atoms with E-state index in [9.17, 15) is 5.11 Å². The molecule has 5 heteroatoms. The molecule has 2 rings (SSSR count). The predicted octanol–water partition coefficient (Wildman–Crippen LogP) is 2.76. The Balaban J connectivity index is 2.07. The van der Waals surface area contributed by atoms with E-state index in [1.54, 1.807) is 12.1 Å². The molecule has 0 aliphatic heterocycles. The molecule has 88 valence electrons. The molecule has 4 N–H and O–H groups in total. The Morgan fingerprint density at radius 1 is 1.31 bits per heavy atom. The number of halogens is 2. The minimum Gasteiger partial charge on any atom is -0.397 e. The number of hydrogen-bond donors (Lipinski definition) is 3. The van der Waals surface area contributed by atoms with Crippen molar-refractivity contribution >= 4 is 34.6 Å². The van der Waals surface area contributed by atoms with Crippen LogP contribution in [0.1, 0.15) is 12.8 Å². The normalized spacial score (nSPS) is 17.2. The number of hydrogen-bond acceptors (Lipinski definition) is 3. The molecule has 1 aromatic rings. The zero-order valence-electron chi connectivity index (χ0n) is 8.76. The quantitative estimate of drug-likeness (QED) is 0.730. The zero-order valence-corrected chi connectivity index (χ0v) is 10.3. The maximum Gasteiger partial charge on any atom is 0.0614 e. The summed E-state index contributed by atoms with van der Waals surface area (Å²) in [6.45, 7) is 0.923. The Morgan fingerprint density at radius 3 is 2.50 bits per heavy atom. The lowest BCUT2D eigenvalue weighted by atomic mass is 10.1. The van der Waals surface area contributed by atoms with Crippen LogP contribution in [0.25, 0.3) is 0 Å². The molecule has 3 nitrogen and oxygen atoms in total. The molecule has 0 unspecified atom stereocenters. The fourth-order valence-corrected chi connectivity index (χ4v) is 1.90. The largest absolute Gasteiger partial charge is 0.397 e. The third-order valence-corrected chi connectivity index (χ3v) is 3.76. The van der Waals surface area contributed by atoms with Gasteiger partial charge >= 0.3 is 0 Å². The van der Waals surface area contributed by atoms with Gasteiger partial charge in [-0.25, -0.2) is 0 Å². The van der Waals surface area contributed by atoms with Crippen LogP contribution in [0.3, 0.4) is 0 Å². The summed E-state index contributed by atoms with van der Waals surface area (Å²) < 4.78 is 0. The number of aliphatic hydroxyl groups is 1. The molecule has 1 saturated carbocycles. The molecule has 1 aromatic carbocycles. The molecular formula is C11H14Cl2N2O. The minimum atomic E-state index is 0.0402. The van der Waals surface area contributed by atoms with E-state index in [-0.39, 0.29) is 12.0 Å². The van der Waals surface area contributed by atoms with Crippen molar-refractivity contribution in [1.29, 1.82) is 0 Å². The van der Waals surface area contributed by atoms with E-state index in [0.717, 1.165) is 18.5 Å². The average molecular weight is 261 g/mol. The molecular weight excluding hydrogens is 247 g/mol. The van der Waals surface area contributed by atoms with Crippen molar-refractivity contribution in [3.05, 3.63) is 22.2 Å². The van der Waals surface area contributed by atoms with Crippen molar-refractivity contribution in [2.75, 3.05) is 24.2 Å². The van der Waals surface area contributed by atoms with Crippen molar-refractivity contribution in [2.24, 2.45) is 5.41 Å². The molecule has 1 aliphatic carbocycles. The van der Waals surface area contributed by atoms with Gasteiger partial charge in [0.25, 0.3) is 0 Å². The summed E-state index contributed by atoms with van der Waals surface area (Å²) in [6.07, 6.45) is 2.11. The standard InChI is InChI=1S/C11H14Cl2N2O/c12-7-3-9(14)10(4-8(7)13)15-5-11(6-16)1-2-11/h3-4,15-16H,1-2,5-6,14H2. The van der Waals surface area contributed by atoms with E-state index in [4.69, 9.17) is 28.9 Å². The Kier molecular flexibility index (Phi) is 3.19. The van der Waals surface area contributed by atoms with Crippen LogP contribution in [0.4, 0.5) is 11.4 Å². The van der Waals surface area contributed by atoms with Crippen molar-refractivity contribution in [3.8, 4) is 0 Å². The summed E-state index contributed by atoms with van der Waals surface area (Å²) in [5.41, 5.74) is 7.20. The molecule has 0 bridgehead atoms. The summed E-state index contributed by atoms with van der Waals surface area (Å²) in [6, 6.07) is 3.34. The second-order valence-electron chi connectivity index (χ2n) is 4.37. The lowest BCUT2D eigenvalue weighted by molar-refractivity contribution is 0.220. The fourth-order valence-electron chi connectivity index (χ4n) is 1.57. The summed E-state index contributed by atoms with van der Waals surface area (Å²) in [4.78, 5) is 0. The highest BCUT2D eigenvalue weighted by Crippen LogP contribution is 2.45. The topological polar surface area (TPSA) is 58.3 Å². The highest BCUT2D eigenvalue weighted by atomic mass is 35.5.